The molecule has 2 heterocycles. The minimum atomic E-state index is -5.00. The number of carboxylic acids is 1. The third-order valence-corrected chi connectivity index (χ3v) is 8.36. The van der Waals surface area contributed by atoms with E-state index in [4.69, 9.17) is 12.8 Å². The summed E-state index contributed by atoms with van der Waals surface area (Å²) in [7, 11) is 0. The Morgan fingerprint density at radius 1 is 0.660 bits per heavy atom. The average Bonchev–Trinajstić information content (AvgIpc) is 3.46. The van der Waals surface area contributed by atoms with Crippen molar-refractivity contribution in [3.05, 3.63) is 129 Å². The molecule has 1 N–H and O–H groups in total. The van der Waals surface area contributed by atoms with Gasteiger partial charge in [0.25, 0.3) is 23.6 Å². The highest BCUT2D eigenvalue weighted by Gasteiger charge is 2.55. The Hall–Kier alpha value is -6.46. The van der Waals surface area contributed by atoms with Gasteiger partial charge in [-0.3, -0.25) is 19.2 Å². The number of anilines is 2. The molecule has 0 saturated heterocycles. The number of aromatic carboxylic acids is 1. The molecule has 0 radical (unpaired) electrons. The van der Waals surface area contributed by atoms with Crippen LogP contribution in [0, 0.1) is 24.7 Å². The Labute approximate surface area is 265 Å². The zero-order valence-electron chi connectivity index (χ0n) is 24.2. The minimum Gasteiger partial charge on any atom is -0.478 e. The second kappa shape index (κ2) is 10.6. The lowest BCUT2D eigenvalue weighted by atomic mass is 9.74. The molecule has 11 heteroatoms. The van der Waals surface area contributed by atoms with Gasteiger partial charge in [0.05, 0.1) is 39.2 Å². The Morgan fingerprint density at radius 2 is 1.15 bits per heavy atom. The molecule has 0 spiro atoms. The molecular formula is C36H19F3N2O6. The van der Waals surface area contributed by atoms with Gasteiger partial charge in [-0.05, 0) is 78.7 Å². The number of hydrogen-bond acceptors (Lipinski definition) is 5. The number of hydrogen-bond donors (Lipinski definition) is 1. The summed E-state index contributed by atoms with van der Waals surface area (Å²) in [6.07, 6.45) is 5.85. The summed E-state index contributed by atoms with van der Waals surface area (Å²) in [5, 5.41) is 9.46. The number of fused-ring (bicyclic) bond motifs is 2. The van der Waals surface area contributed by atoms with Gasteiger partial charge in [-0.15, -0.1) is 12.8 Å². The smallest absolute Gasteiger partial charge is 0.402 e. The molecule has 0 fully saturated rings. The standard InChI is InChI=1S/C36H19F3N2O6/c1-4-19-7-6-8-24(14-19)40-30(42)26-11-9-22(17-28(26)32(40)44)35(3,36(37,38)39)23-10-12-27-29(18-23)33(45)41(31(27)43)25-15-20(5-2)13-21(16-25)34(46)47/h1-2,6-18H,3H3,(H,46,47). The predicted octanol–water partition coefficient (Wildman–Crippen LogP) is 5.82. The van der Waals surface area contributed by atoms with E-state index in [-0.39, 0.29) is 44.8 Å². The van der Waals surface area contributed by atoms with Crippen molar-refractivity contribution in [2.45, 2.75) is 18.5 Å². The molecular weight excluding hydrogens is 613 g/mol. The van der Waals surface area contributed by atoms with E-state index in [1.165, 1.54) is 30.3 Å². The number of halogens is 3. The maximum absolute atomic E-state index is 15.1. The molecule has 0 aromatic heterocycles. The van der Waals surface area contributed by atoms with E-state index in [2.05, 4.69) is 11.8 Å². The third-order valence-electron chi connectivity index (χ3n) is 8.36. The maximum atomic E-state index is 15.1. The Morgan fingerprint density at radius 3 is 1.64 bits per heavy atom. The fourth-order valence-electron chi connectivity index (χ4n) is 5.75. The normalized spacial score (nSPS) is 15.2. The van der Waals surface area contributed by atoms with Crippen molar-refractivity contribution in [1.29, 1.82) is 0 Å². The van der Waals surface area contributed by atoms with Gasteiger partial charge in [0.15, 0.2) is 0 Å². The molecule has 0 saturated carbocycles. The first-order chi connectivity index (χ1) is 22.2. The molecule has 230 valence electrons. The van der Waals surface area contributed by atoms with Crippen molar-refractivity contribution in [1.82, 2.24) is 0 Å². The molecule has 47 heavy (non-hydrogen) atoms. The first-order valence-corrected chi connectivity index (χ1v) is 13.8. The molecule has 0 bridgehead atoms. The fourth-order valence-corrected chi connectivity index (χ4v) is 5.75. The van der Waals surface area contributed by atoms with Crippen LogP contribution in [0.5, 0.6) is 0 Å². The van der Waals surface area contributed by atoms with Gasteiger partial charge in [-0.25, -0.2) is 14.6 Å². The Bertz CT molecular complexity index is 2210. The maximum Gasteiger partial charge on any atom is 0.402 e. The third kappa shape index (κ3) is 4.56. The SMILES string of the molecule is C#Cc1cccc(N2C(=O)c3ccc(C(C)(c4ccc5c(c4)C(=O)N(c4cc(C#C)cc(C(=O)O)c4)C5=O)C(F)(F)F)cc3C2=O)c1. The minimum absolute atomic E-state index is 0.0637. The van der Waals surface area contributed by atoms with E-state index >= 15 is 13.2 Å². The summed E-state index contributed by atoms with van der Waals surface area (Å²) in [4.78, 5) is 66.5. The van der Waals surface area contributed by atoms with E-state index in [1.807, 2.05) is 0 Å². The molecule has 4 amide bonds. The van der Waals surface area contributed by atoms with Crippen molar-refractivity contribution >= 4 is 41.0 Å². The van der Waals surface area contributed by atoms with Gasteiger partial charge in [0.2, 0.25) is 0 Å². The highest BCUT2D eigenvalue weighted by Crippen LogP contribution is 2.48. The number of imide groups is 2. The number of benzene rings is 4. The quantitative estimate of drug-likeness (QED) is 0.219. The number of alkyl halides is 3. The fraction of sp³-hybridized carbons (Fsp3) is 0.0833. The number of amides is 4. The summed E-state index contributed by atoms with van der Waals surface area (Å²) in [5.74, 6) is -0.171. The summed E-state index contributed by atoms with van der Waals surface area (Å²) >= 11 is 0. The lowest BCUT2D eigenvalue weighted by Crippen LogP contribution is -2.41. The van der Waals surface area contributed by atoms with Crippen molar-refractivity contribution in [2.24, 2.45) is 0 Å². The van der Waals surface area contributed by atoms with Crippen LogP contribution < -0.4 is 9.80 Å². The van der Waals surface area contributed by atoms with Gasteiger partial charge < -0.3 is 5.11 Å². The van der Waals surface area contributed by atoms with Crippen LogP contribution in [0.15, 0.2) is 78.9 Å². The zero-order chi connectivity index (χ0) is 34.0. The van der Waals surface area contributed by atoms with Crippen LogP contribution in [0.25, 0.3) is 0 Å². The second-order valence-electron chi connectivity index (χ2n) is 10.9. The second-order valence-corrected chi connectivity index (χ2v) is 10.9. The van der Waals surface area contributed by atoms with Gasteiger partial charge in [-0.2, -0.15) is 13.2 Å². The van der Waals surface area contributed by atoms with Crippen LogP contribution in [-0.4, -0.2) is 40.9 Å². The van der Waals surface area contributed by atoms with E-state index in [1.54, 1.807) is 6.07 Å². The summed E-state index contributed by atoms with van der Waals surface area (Å²) in [6.45, 7) is 0.862. The van der Waals surface area contributed by atoms with Crippen LogP contribution in [-0.2, 0) is 5.41 Å². The van der Waals surface area contributed by atoms with E-state index in [9.17, 15) is 29.1 Å². The first-order valence-electron chi connectivity index (χ1n) is 13.8. The molecule has 1 atom stereocenters. The monoisotopic (exact) mass is 632 g/mol. The van der Waals surface area contributed by atoms with Gasteiger partial charge in [0.1, 0.15) is 5.41 Å². The summed E-state index contributed by atoms with van der Waals surface area (Å²) in [6, 6.07) is 15.8. The van der Waals surface area contributed by atoms with Crippen molar-refractivity contribution in [3.8, 4) is 24.7 Å². The van der Waals surface area contributed by atoms with Crippen LogP contribution >= 0.6 is 0 Å². The topological polar surface area (TPSA) is 112 Å². The number of rotatable bonds is 5. The van der Waals surface area contributed by atoms with Gasteiger partial charge >= 0.3 is 12.1 Å². The molecule has 0 aliphatic carbocycles. The number of carbonyl (C=O) groups is 5. The number of nitrogens with zero attached hydrogens (tertiary/aromatic N) is 2. The highest BCUT2D eigenvalue weighted by atomic mass is 19.4. The highest BCUT2D eigenvalue weighted by molar-refractivity contribution is 6.35. The van der Waals surface area contributed by atoms with Crippen molar-refractivity contribution in [2.75, 3.05) is 9.80 Å². The summed E-state index contributed by atoms with van der Waals surface area (Å²) < 4.78 is 45.2. The number of carboxylic acid groups (broad SMARTS) is 1. The number of terminal acetylenes is 2. The Balaban J connectivity index is 1.43. The van der Waals surface area contributed by atoms with Crippen molar-refractivity contribution in [3.63, 3.8) is 0 Å². The molecule has 1 unspecified atom stereocenters. The molecule has 4 aromatic rings. The lowest BCUT2D eigenvalue weighted by molar-refractivity contribution is -0.173. The lowest BCUT2D eigenvalue weighted by Gasteiger charge is -2.33. The predicted molar refractivity (Wildman–Crippen MR) is 163 cm³/mol. The molecule has 2 aliphatic heterocycles. The Kier molecular flexibility index (Phi) is 6.87. The van der Waals surface area contributed by atoms with Crippen LogP contribution in [0.4, 0.5) is 24.5 Å². The molecule has 8 nitrogen and oxygen atoms in total. The van der Waals surface area contributed by atoms with Crippen LogP contribution in [0.2, 0.25) is 0 Å². The molecule has 2 aliphatic rings. The molecule has 4 aromatic carbocycles. The largest absolute Gasteiger partial charge is 0.478 e. The van der Waals surface area contributed by atoms with E-state index in [0.29, 0.717) is 10.5 Å². The van der Waals surface area contributed by atoms with E-state index in [0.717, 1.165) is 54.3 Å². The molecule has 6 rings (SSSR count). The summed E-state index contributed by atoms with van der Waals surface area (Å²) in [5.41, 5.74) is -4.42. The zero-order valence-corrected chi connectivity index (χ0v) is 24.2. The van der Waals surface area contributed by atoms with Crippen LogP contribution in [0.1, 0.15) is 81.0 Å². The average molecular weight is 633 g/mol. The first kappa shape index (κ1) is 30.6. The van der Waals surface area contributed by atoms with E-state index < -0.39 is 52.3 Å². The van der Waals surface area contributed by atoms with Gasteiger partial charge in [0, 0.05) is 11.1 Å². The van der Waals surface area contributed by atoms with Gasteiger partial charge in [-0.1, -0.05) is 30.0 Å². The van der Waals surface area contributed by atoms with Crippen LogP contribution in [0.3, 0.4) is 0 Å². The van der Waals surface area contributed by atoms with Crippen molar-refractivity contribution < 1.29 is 42.3 Å². The number of carbonyl (C=O) groups excluding carboxylic acids is 4.